The lowest BCUT2D eigenvalue weighted by molar-refractivity contribution is 0.135. The van der Waals surface area contributed by atoms with Crippen molar-refractivity contribution in [2.45, 2.75) is 38.0 Å². The third-order valence-electron chi connectivity index (χ3n) is 3.08. The number of benzene rings is 1. The molecule has 1 aliphatic rings. The predicted molar refractivity (Wildman–Crippen MR) is 74.3 cm³/mol. The monoisotopic (exact) mass is 295 g/mol. The van der Waals surface area contributed by atoms with E-state index in [1.54, 1.807) is 12.1 Å². The molecule has 96 valence electrons. The number of rotatable bonds is 2. The highest BCUT2D eigenvalue weighted by Crippen LogP contribution is 2.29. The molecule has 0 radical (unpaired) electrons. The molecular weight excluding hydrogens is 280 g/mol. The third-order valence-corrected chi connectivity index (χ3v) is 3.81. The summed E-state index contributed by atoms with van der Waals surface area (Å²) in [6.45, 7) is 2.13. The summed E-state index contributed by atoms with van der Waals surface area (Å²) in [6, 6.07) is 5.87. The van der Waals surface area contributed by atoms with Crippen LogP contribution in [0.25, 0.3) is 0 Å². The second kappa shape index (κ2) is 6.26. The first kappa shape index (κ1) is 15.1. The molecule has 2 rings (SSSR count). The molecule has 17 heavy (non-hydrogen) atoms. The van der Waals surface area contributed by atoms with Gasteiger partial charge in [-0.3, -0.25) is 0 Å². The lowest BCUT2D eigenvalue weighted by Gasteiger charge is -2.19. The number of hydrogen-bond acceptors (Lipinski definition) is 2. The number of aliphatic hydroxyl groups excluding tert-OH is 1. The van der Waals surface area contributed by atoms with Crippen molar-refractivity contribution >= 4 is 35.6 Å². The van der Waals surface area contributed by atoms with Crippen LogP contribution < -0.4 is 5.32 Å². The van der Waals surface area contributed by atoms with E-state index in [0.717, 1.165) is 18.4 Å². The molecule has 0 unspecified atom stereocenters. The lowest BCUT2D eigenvalue weighted by atomic mass is 10.0. The molecule has 1 saturated heterocycles. The Labute approximate surface area is 118 Å². The molecule has 0 amide bonds. The SMILES string of the molecule is C[C@H]1CC[C@@H]([C@@H](O)c2ccc(Cl)c(Cl)c2)N1.Cl. The average Bonchev–Trinajstić information content (AvgIpc) is 2.68. The summed E-state index contributed by atoms with van der Waals surface area (Å²) in [4.78, 5) is 0. The Morgan fingerprint density at radius 3 is 2.53 bits per heavy atom. The van der Waals surface area contributed by atoms with Crippen LogP contribution in [0.2, 0.25) is 10.0 Å². The molecule has 1 aliphatic heterocycles. The molecule has 0 bridgehead atoms. The summed E-state index contributed by atoms with van der Waals surface area (Å²) in [5.41, 5.74) is 0.820. The first-order valence-electron chi connectivity index (χ1n) is 5.47. The third kappa shape index (κ3) is 3.49. The fourth-order valence-electron chi connectivity index (χ4n) is 2.14. The lowest BCUT2D eigenvalue weighted by Crippen LogP contribution is -2.32. The maximum absolute atomic E-state index is 10.2. The van der Waals surface area contributed by atoms with Gasteiger partial charge >= 0.3 is 0 Å². The van der Waals surface area contributed by atoms with Crippen molar-refractivity contribution in [1.82, 2.24) is 5.32 Å². The Bertz CT molecular complexity index is 386. The van der Waals surface area contributed by atoms with E-state index in [2.05, 4.69) is 12.2 Å². The number of nitrogens with one attached hydrogen (secondary N) is 1. The summed E-state index contributed by atoms with van der Waals surface area (Å²) in [6.07, 6.45) is 1.57. The van der Waals surface area contributed by atoms with Crippen LogP contribution >= 0.6 is 35.6 Å². The van der Waals surface area contributed by atoms with Crippen molar-refractivity contribution in [3.63, 3.8) is 0 Å². The first-order valence-corrected chi connectivity index (χ1v) is 6.22. The molecular formula is C12H16Cl3NO. The van der Waals surface area contributed by atoms with Crippen LogP contribution in [-0.4, -0.2) is 17.2 Å². The van der Waals surface area contributed by atoms with Crippen LogP contribution in [0.4, 0.5) is 0 Å². The molecule has 1 aromatic rings. The number of hydrogen-bond donors (Lipinski definition) is 2. The quantitative estimate of drug-likeness (QED) is 0.874. The molecule has 1 fully saturated rings. The zero-order valence-electron chi connectivity index (χ0n) is 9.49. The molecule has 2 N–H and O–H groups in total. The fraction of sp³-hybridized carbons (Fsp3) is 0.500. The topological polar surface area (TPSA) is 32.3 Å². The second-order valence-electron chi connectivity index (χ2n) is 4.37. The van der Waals surface area contributed by atoms with Gasteiger partial charge in [0.2, 0.25) is 0 Å². The molecule has 0 saturated carbocycles. The largest absolute Gasteiger partial charge is 0.387 e. The maximum atomic E-state index is 10.2. The summed E-state index contributed by atoms with van der Waals surface area (Å²) in [5.74, 6) is 0. The minimum atomic E-state index is -0.514. The van der Waals surface area contributed by atoms with Crippen molar-refractivity contribution in [2.75, 3.05) is 0 Å². The van der Waals surface area contributed by atoms with E-state index in [9.17, 15) is 5.11 Å². The van der Waals surface area contributed by atoms with E-state index in [1.807, 2.05) is 6.07 Å². The van der Waals surface area contributed by atoms with E-state index in [1.165, 1.54) is 0 Å². The zero-order chi connectivity index (χ0) is 11.7. The maximum Gasteiger partial charge on any atom is 0.0943 e. The van der Waals surface area contributed by atoms with Crippen molar-refractivity contribution < 1.29 is 5.11 Å². The van der Waals surface area contributed by atoms with E-state index in [-0.39, 0.29) is 18.4 Å². The Hall–Kier alpha value is 0.01000. The Morgan fingerprint density at radius 1 is 1.29 bits per heavy atom. The van der Waals surface area contributed by atoms with Gasteiger partial charge in [-0.25, -0.2) is 0 Å². The number of halogens is 3. The Balaban J connectivity index is 0.00000144. The van der Waals surface area contributed by atoms with Crippen LogP contribution in [-0.2, 0) is 0 Å². The van der Waals surface area contributed by atoms with Gasteiger partial charge in [0.1, 0.15) is 0 Å². The average molecular weight is 297 g/mol. The highest BCUT2D eigenvalue weighted by atomic mass is 35.5. The number of aliphatic hydroxyl groups is 1. The van der Waals surface area contributed by atoms with E-state index in [0.29, 0.717) is 16.1 Å². The van der Waals surface area contributed by atoms with Crippen LogP contribution in [0.15, 0.2) is 18.2 Å². The highest BCUT2D eigenvalue weighted by Gasteiger charge is 2.27. The fourth-order valence-corrected chi connectivity index (χ4v) is 2.45. The molecule has 2 nitrogen and oxygen atoms in total. The van der Waals surface area contributed by atoms with Gasteiger partial charge in [0, 0.05) is 12.1 Å². The van der Waals surface area contributed by atoms with Gasteiger partial charge in [0.05, 0.1) is 16.1 Å². The van der Waals surface area contributed by atoms with Crippen molar-refractivity contribution in [1.29, 1.82) is 0 Å². The highest BCUT2D eigenvalue weighted by molar-refractivity contribution is 6.42. The zero-order valence-corrected chi connectivity index (χ0v) is 11.8. The van der Waals surface area contributed by atoms with Crippen molar-refractivity contribution in [2.24, 2.45) is 0 Å². The minimum absolute atomic E-state index is 0. The van der Waals surface area contributed by atoms with Gasteiger partial charge in [0.25, 0.3) is 0 Å². The molecule has 3 atom stereocenters. The van der Waals surface area contributed by atoms with Gasteiger partial charge in [-0.2, -0.15) is 0 Å². The second-order valence-corrected chi connectivity index (χ2v) is 5.18. The van der Waals surface area contributed by atoms with Gasteiger partial charge in [-0.05, 0) is 37.5 Å². The van der Waals surface area contributed by atoms with Gasteiger partial charge < -0.3 is 10.4 Å². The molecule has 0 aromatic heterocycles. The normalized spacial score (nSPS) is 25.4. The summed E-state index contributed by atoms with van der Waals surface area (Å²) < 4.78 is 0. The van der Waals surface area contributed by atoms with Gasteiger partial charge in [-0.15, -0.1) is 12.4 Å². The van der Waals surface area contributed by atoms with Crippen LogP contribution in [0, 0.1) is 0 Å². The standard InChI is InChI=1S/C12H15Cl2NO.ClH/c1-7-2-5-11(15-7)12(16)8-3-4-9(13)10(14)6-8;/h3-4,6-7,11-12,15-16H,2,5H2,1H3;1H/t7-,11-,12-;/m0./s1. The predicted octanol–water partition coefficient (Wildman–Crippen LogP) is 3.59. The van der Waals surface area contributed by atoms with Crippen molar-refractivity contribution in [3.8, 4) is 0 Å². The van der Waals surface area contributed by atoms with Crippen molar-refractivity contribution in [3.05, 3.63) is 33.8 Å². The minimum Gasteiger partial charge on any atom is -0.387 e. The summed E-state index contributed by atoms with van der Waals surface area (Å²) in [5, 5.41) is 14.6. The molecule has 0 aliphatic carbocycles. The van der Waals surface area contributed by atoms with Crippen LogP contribution in [0.5, 0.6) is 0 Å². The van der Waals surface area contributed by atoms with Gasteiger partial charge in [0.15, 0.2) is 0 Å². The van der Waals surface area contributed by atoms with Gasteiger partial charge in [-0.1, -0.05) is 29.3 Å². The first-order chi connectivity index (χ1) is 7.58. The summed E-state index contributed by atoms with van der Waals surface area (Å²) in [7, 11) is 0. The Morgan fingerprint density at radius 2 is 2.00 bits per heavy atom. The molecule has 1 aromatic carbocycles. The Kier molecular flexibility index (Phi) is 5.55. The molecule has 0 spiro atoms. The summed E-state index contributed by atoms with van der Waals surface area (Å²) >= 11 is 11.8. The smallest absolute Gasteiger partial charge is 0.0943 e. The molecule has 5 heteroatoms. The molecule has 1 heterocycles. The van der Waals surface area contributed by atoms with Crippen LogP contribution in [0.3, 0.4) is 0 Å². The van der Waals surface area contributed by atoms with E-state index >= 15 is 0 Å². The van der Waals surface area contributed by atoms with Crippen LogP contribution in [0.1, 0.15) is 31.4 Å². The van der Waals surface area contributed by atoms with E-state index in [4.69, 9.17) is 23.2 Å². The van der Waals surface area contributed by atoms with E-state index < -0.39 is 6.10 Å².